The molecule has 1 aliphatic carbocycles. The van der Waals surface area contributed by atoms with E-state index in [0.29, 0.717) is 24.0 Å². The number of amides is 4. The Hall–Kier alpha value is -3.99. The molecule has 2 aromatic rings. The molecule has 0 radical (unpaired) electrons. The van der Waals surface area contributed by atoms with Gasteiger partial charge in [-0.15, -0.1) is 0 Å². The SMILES string of the molecule is CN(C(=O)C1CN(C(=O)O)CCO1)C1CCN(c2ccc(NC(=O)Nc3ccc(OC4CCCC4)cc3)cc2)C1. The number of morpholine rings is 1. The van der Waals surface area contributed by atoms with Gasteiger partial charge in [0.1, 0.15) is 5.75 Å². The van der Waals surface area contributed by atoms with Crippen molar-refractivity contribution < 1.29 is 29.0 Å². The van der Waals surface area contributed by atoms with Gasteiger partial charge in [-0.3, -0.25) is 4.79 Å². The highest BCUT2D eigenvalue weighted by molar-refractivity contribution is 5.99. The molecule has 3 N–H and O–H groups in total. The average molecular weight is 552 g/mol. The van der Waals surface area contributed by atoms with E-state index >= 15 is 0 Å². The molecule has 4 amide bonds. The molecule has 3 aliphatic rings. The summed E-state index contributed by atoms with van der Waals surface area (Å²) in [5.41, 5.74) is 2.35. The van der Waals surface area contributed by atoms with Crippen LogP contribution in [-0.2, 0) is 9.53 Å². The van der Waals surface area contributed by atoms with E-state index in [1.54, 1.807) is 11.9 Å². The normalized spacial score (nSPS) is 21.2. The fourth-order valence-electron chi connectivity index (χ4n) is 5.54. The second-order valence-corrected chi connectivity index (χ2v) is 10.6. The highest BCUT2D eigenvalue weighted by atomic mass is 16.5. The number of nitrogens with zero attached hydrogens (tertiary/aromatic N) is 3. The lowest BCUT2D eigenvalue weighted by Crippen LogP contribution is -2.53. The van der Waals surface area contributed by atoms with Crippen LogP contribution < -0.4 is 20.3 Å². The zero-order valence-corrected chi connectivity index (χ0v) is 22.8. The Labute approximate surface area is 234 Å². The lowest BCUT2D eigenvalue weighted by Gasteiger charge is -2.34. The van der Waals surface area contributed by atoms with E-state index in [9.17, 15) is 19.5 Å². The predicted molar refractivity (Wildman–Crippen MR) is 151 cm³/mol. The van der Waals surface area contributed by atoms with E-state index in [-0.39, 0.29) is 37.7 Å². The van der Waals surface area contributed by atoms with Crippen molar-refractivity contribution in [2.24, 2.45) is 0 Å². The number of ether oxygens (including phenoxy) is 2. The van der Waals surface area contributed by atoms with Gasteiger partial charge in [0.25, 0.3) is 5.91 Å². The van der Waals surface area contributed by atoms with Crippen LogP contribution in [0.4, 0.5) is 26.7 Å². The van der Waals surface area contributed by atoms with Crippen LogP contribution in [-0.4, -0.2) is 91.0 Å². The van der Waals surface area contributed by atoms with E-state index in [1.807, 2.05) is 48.5 Å². The van der Waals surface area contributed by atoms with E-state index in [2.05, 4.69) is 15.5 Å². The monoisotopic (exact) mass is 551 g/mol. The van der Waals surface area contributed by atoms with Crippen LogP contribution in [0.25, 0.3) is 0 Å². The maximum atomic E-state index is 13.0. The summed E-state index contributed by atoms with van der Waals surface area (Å²) in [6.45, 7) is 1.98. The Morgan fingerprint density at radius 1 is 0.925 bits per heavy atom. The van der Waals surface area contributed by atoms with Gasteiger partial charge >= 0.3 is 12.1 Å². The van der Waals surface area contributed by atoms with Gasteiger partial charge in [0.05, 0.1) is 25.3 Å². The van der Waals surface area contributed by atoms with E-state index < -0.39 is 12.2 Å². The first kappa shape index (κ1) is 27.6. The molecule has 2 atom stereocenters. The molecule has 2 unspecified atom stereocenters. The molecule has 0 bridgehead atoms. The average Bonchev–Trinajstić information content (AvgIpc) is 3.67. The number of carbonyl (C=O) groups excluding carboxylic acids is 2. The van der Waals surface area contributed by atoms with Crippen LogP contribution >= 0.6 is 0 Å². The minimum atomic E-state index is -1.04. The molecule has 2 heterocycles. The van der Waals surface area contributed by atoms with Crippen LogP contribution in [0.5, 0.6) is 5.75 Å². The number of benzene rings is 2. The quantitative estimate of drug-likeness (QED) is 0.474. The third-order valence-electron chi connectivity index (χ3n) is 7.88. The van der Waals surface area contributed by atoms with Gasteiger partial charge in [-0.05, 0) is 80.6 Å². The van der Waals surface area contributed by atoms with Crippen molar-refractivity contribution in [1.82, 2.24) is 9.80 Å². The van der Waals surface area contributed by atoms with Crippen LogP contribution in [0, 0.1) is 0 Å². The Balaban J connectivity index is 1.08. The van der Waals surface area contributed by atoms with Gasteiger partial charge in [-0.25, -0.2) is 9.59 Å². The molecule has 40 heavy (non-hydrogen) atoms. The lowest BCUT2D eigenvalue weighted by molar-refractivity contribution is -0.148. The van der Waals surface area contributed by atoms with Crippen molar-refractivity contribution in [3.05, 3.63) is 48.5 Å². The number of rotatable bonds is 7. The smallest absolute Gasteiger partial charge is 0.407 e. The van der Waals surface area contributed by atoms with E-state index in [1.165, 1.54) is 17.7 Å². The molecule has 2 aromatic carbocycles. The second-order valence-electron chi connectivity index (χ2n) is 10.6. The largest absolute Gasteiger partial charge is 0.490 e. The van der Waals surface area contributed by atoms with Crippen LogP contribution in [0.3, 0.4) is 0 Å². The first-order valence-corrected chi connectivity index (χ1v) is 13.9. The number of anilines is 3. The number of hydrogen-bond acceptors (Lipinski definition) is 6. The Kier molecular flexibility index (Phi) is 8.59. The number of urea groups is 1. The third kappa shape index (κ3) is 6.77. The maximum Gasteiger partial charge on any atom is 0.407 e. The van der Waals surface area contributed by atoms with Crippen LogP contribution in [0.15, 0.2) is 48.5 Å². The summed E-state index contributed by atoms with van der Waals surface area (Å²) in [7, 11) is 1.75. The zero-order valence-electron chi connectivity index (χ0n) is 22.8. The van der Waals surface area contributed by atoms with Crippen molar-refractivity contribution in [3.63, 3.8) is 0 Å². The molecular formula is C29H37N5O6. The first-order valence-electron chi connectivity index (χ1n) is 13.9. The first-order chi connectivity index (χ1) is 19.4. The van der Waals surface area contributed by atoms with Crippen molar-refractivity contribution in [1.29, 1.82) is 0 Å². The van der Waals surface area contributed by atoms with Gasteiger partial charge in [0.15, 0.2) is 6.10 Å². The topological polar surface area (TPSA) is 124 Å². The summed E-state index contributed by atoms with van der Waals surface area (Å²) in [5.74, 6) is 0.625. The van der Waals surface area contributed by atoms with Crippen molar-refractivity contribution in [2.75, 3.05) is 55.4 Å². The van der Waals surface area contributed by atoms with Crippen molar-refractivity contribution in [2.45, 2.75) is 50.4 Å². The number of carbonyl (C=O) groups is 3. The van der Waals surface area contributed by atoms with Crippen LogP contribution in [0.2, 0.25) is 0 Å². The highest BCUT2D eigenvalue weighted by Crippen LogP contribution is 2.27. The zero-order chi connectivity index (χ0) is 28.1. The van der Waals surface area contributed by atoms with E-state index in [4.69, 9.17) is 9.47 Å². The fourth-order valence-corrected chi connectivity index (χ4v) is 5.54. The van der Waals surface area contributed by atoms with E-state index in [0.717, 1.165) is 37.2 Å². The molecule has 0 aromatic heterocycles. The predicted octanol–water partition coefficient (Wildman–Crippen LogP) is 4.07. The highest BCUT2D eigenvalue weighted by Gasteiger charge is 2.35. The molecule has 11 heteroatoms. The Bertz CT molecular complexity index is 1180. The van der Waals surface area contributed by atoms with Gasteiger partial charge in [0, 0.05) is 43.7 Å². The van der Waals surface area contributed by atoms with Gasteiger partial charge < -0.3 is 39.9 Å². The molecule has 2 saturated heterocycles. The summed E-state index contributed by atoms with van der Waals surface area (Å²) in [6, 6.07) is 14.7. The van der Waals surface area contributed by atoms with Gasteiger partial charge in [-0.1, -0.05) is 0 Å². The number of carboxylic acid groups (broad SMARTS) is 1. The third-order valence-corrected chi connectivity index (χ3v) is 7.88. The molecule has 214 valence electrons. The molecule has 1 saturated carbocycles. The Morgan fingerprint density at radius 3 is 2.23 bits per heavy atom. The summed E-state index contributed by atoms with van der Waals surface area (Å²) < 4.78 is 11.5. The van der Waals surface area contributed by atoms with Gasteiger partial charge in [-0.2, -0.15) is 0 Å². The minimum Gasteiger partial charge on any atom is -0.490 e. The second kappa shape index (κ2) is 12.5. The molecule has 2 aliphatic heterocycles. The van der Waals surface area contributed by atoms with Crippen molar-refractivity contribution >= 4 is 35.1 Å². The molecule has 0 spiro atoms. The lowest BCUT2D eigenvalue weighted by atomic mass is 10.2. The standard InChI is InChI=1S/C29H37N5O6/c1-32(27(35)26-19-34(29(37)38)16-17-39-26)23-14-15-33(18-23)22-10-6-20(7-11-22)30-28(36)31-21-8-12-25(13-9-21)40-24-4-2-3-5-24/h6-13,23-24,26H,2-5,14-19H2,1H3,(H,37,38)(H2,30,31,36). The molecule has 3 fully saturated rings. The summed E-state index contributed by atoms with van der Waals surface area (Å²) in [6.07, 6.45) is 3.91. The maximum absolute atomic E-state index is 13.0. The summed E-state index contributed by atoms with van der Waals surface area (Å²) >= 11 is 0. The molecule has 11 nitrogen and oxygen atoms in total. The van der Waals surface area contributed by atoms with Gasteiger partial charge in [0.2, 0.25) is 0 Å². The number of hydrogen-bond donors (Lipinski definition) is 3. The number of nitrogens with one attached hydrogen (secondary N) is 2. The summed E-state index contributed by atoms with van der Waals surface area (Å²) in [4.78, 5) is 41.9. The number of likely N-dealkylation sites (N-methyl/N-ethyl adjacent to an activating group) is 1. The molecular weight excluding hydrogens is 514 g/mol. The summed E-state index contributed by atoms with van der Waals surface area (Å²) in [5, 5.41) is 14.9. The van der Waals surface area contributed by atoms with Crippen molar-refractivity contribution in [3.8, 4) is 5.75 Å². The van der Waals surface area contributed by atoms with Crippen LogP contribution in [0.1, 0.15) is 32.1 Å². The Morgan fingerprint density at radius 2 is 1.57 bits per heavy atom. The fraction of sp³-hybridized carbons (Fsp3) is 0.483. The minimum absolute atomic E-state index is 0.00478. The molecule has 5 rings (SSSR count).